The molecular formula is C14H15N3O3S. The summed E-state index contributed by atoms with van der Waals surface area (Å²) < 4.78 is 4.95. The van der Waals surface area contributed by atoms with Crippen molar-refractivity contribution in [2.45, 2.75) is 23.9 Å². The molecule has 0 radical (unpaired) electrons. The molecule has 3 N–H and O–H groups in total. The summed E-state index contributed by atoms with van der Waals surface area (Å²) in [6.07, 6.45) is 0. The number of H-pyrrole nitrogens is 1. The predicted molar refractivity (Wildman–Crippen MR) is 80.5 cm³/mol. The first-order valence-electron chi connectivity index (χ1n) is 6.32. The number of nitrogens with two attached hydrogens (primary N) is 1. The molecule has 0 atom stereocenters. The number of hydrogen-bond donors (Lipinski definition) is 2. The first-order chi connectivity index (χ1) is 9.99. The van der Waals surface area contributed by atoms with Gasteiger partial charge in [-0.25, -0.2) is 9.78 Å². The molecule has 7 heteroatoms. The number of aryl methyl sites for hydroxylation is 1. The van der Waals surface area contributed by atoms with E-state index in [0.29, 0.717) is 33.6 Å². The zero-order valence-electron chi connectivity index (χ0n) is 11.7. The van der Waals surface area contributed by atoms with Gasteiger partial charge in [-0.15, -0.1) is 0 Å². The first-order valence-corrected chi connectivity index (χ1v) is 7.13. The highest BCUT2D eigenvalue weighted by atomic mass is 32.2. The second-order valence-corrected chi connectivity index (χ2v) is 5.30. The molecule has 2 rings (SSSR count). The van der Waals surface area contributed by atoms with Crippen LogP contribution in [0.15, 0.2) is 39.1 Å². The minimum absolute atomic E-state index is 0.231. The summed E-state index contributed by atoms with van der Waals surface area (Å²) in [5, 5.41) is 0.424. The van der Waals surface area contributed by atoms with Crippen molar-refractivity contribution in [2.75, 3.05) is 12.3 Å². The van der Waals surface area contributed by atoms with Crippen molar-refractivity contribution in [1.82, 2.24) is 9.97 Å². The Morgan fingerprint density at radius 3 is 2.86 bits per heavy atom. The third-order valence-electron chi connectivity index (χ3n) is 2.58. The highest BCUT2D eigenvalue weighted by Crippen LogP contribution is 2.30. The van der Waals surface area contributed by atoms with E-state index < -0.39 is 5.97 Å². The maximum atomic E-state index is 11.7. The van der Waals surface area contributed by atoms with Gasteiger partial charge in [0.2, 0.25) is 0 Å². The Bertz CT molecular complexity index is 728. The van der Waals surface area contributed by atoms with E-state index in [1.54, 1.807) is 32.0 Å². The lowest BCUT2D eigenvalue weighted by Gasteiger charge is -2.08. The van der Waals surface area contributed by atoms with Crippen LogP contribution in [0.3, 0.4) is 0 Å². The first kappa shape index (κ1) is 15.1. The molecular weight excluding hydrogens is 290 g/mol. The zero-order chi connectivity index (χ0) is 15.4. The standard InChI is InChI=1S/C14H15N3O3S/c1-3-20-13(19)9-4-5-10(15)11(7-9)21-14-16-8(2)6-12(18)17-14/h4-7H,3,15H2,1-2H3,(H,16,17,18). The molecule has 0 unspecified atom stereocenters. The molecule has 0 aliphatic rings. The number of carbonyl (C=O) groups is 1. The fraction of sp³-hybridized carbons (Fsp3) is 0.214. The topological polar surface area (TPSA) is 98.1 Å². The quantitative estimate of drug-likeness (QED) is 0.509. The summed E-state index contributed by atoms with van der Waals surface area (Å²) in [5.41, 5.74) is 7.18. The number of benzene rings is 1. The van der Waals surface area contributed by atoms with Crippen LogP contribution in [0.1, 0.15) is 23.0 Å². The fourth-order valence-electron chi connectivity index (χ4n) is 1.67. The smallest absolute Gasteiger partial charge is 0.338 e. The van der Waals surface area contributed by atoms with Gasteiger partial charge in [-0.2, -0.15) is 0 Å². The van der Waals surface area contributed by atoms with Crippen LogP contribution in [-0.4, -0.2) is 22.5 Å². The van der Waals surface area contributed by atoms with Crippen LogP contribution in [0.4, 0.5) is 5.69 Å². The molecule has 0 saturated heterocycles. The maximum Gasteiger partial charge on any atom is 0.338 e. The molecule has 0 amide bonds. The Morgan fingerprint density at radius 2 is 2.19 bits per heavy atom. The third-order valence-corrected chi connectivity index (χ3v) is 3.54. The summed E-state index contributed by atoms with van der Waals surface area (Å²) >= 11 is 1.19. The highest BCUT2D eigenvalue weighted by molar-refractivity contribution is 7.99. The number of aromatic nitrogens is 2. The van der Waals surface area contributed by atoms with E-state index in [-0.39, 0.29) is 5.56 Å². The van der Waals surface area contributed by atoms with Gasteiger partial charge in [-0.3, -0.25) is 4.79 Å². The molecule has 110 valence electrons. The van der Waals surface area contributed by atoms with Gasteiger partial charge in [0, 0.05) is 22.3 Å². The Balaban J connectivity index is 2.32. The highest BCUT2D eigenvalue weighted by Gasteiger charge is 2.11. The van der Waals surface area contributed by atoms with E-state index in [1.165, 1.54) is 17.8 Å². The number of ether oxygens (including phenoxy) is 1. The van der Waals surface area contributed by atoms with Crippen molar-refractivity contribution in [3.8, 4) is 0 Å². The van der Waals surface area contributed by atoms with E-state index >= 15 is 0 Å². The van der Waals surface area contributed by atoms with Gasteiger partial charge in [0.25, 0.3) is 5.56 Å². The Labute approximate surface area is 125 Å². The SMILES string of the molecule is CCOC(=O)c1ccc(N)c(Sc2nc(C)cc(=O)[nH]2)c1. The van der Waals surface area contributed by atoms with Gasteiger partial charge >= 0.3 is 5.97 Å². The Kier molecular flexibility index (Phi) is 4.64. The number of aromatic amines is 1. The predicted octanol–water partition coefficient (Wildman–Crippen LogP) is 1.99. The molecule has 0 aliphatic heterocycles. The van der Waals surface area contributed by atoms with Gasteiger partial charge < -0.3 is 15.5 Å². The minimum Gasteiger partial charge on any atom is -0.462 e. The van der Waals surface area contributed by atoms with Crippen LogP contribution in [-0.2, 0) is 4.74 Å². The lowest BCUT2D eigenvalue weighted by molar-refractivity contribution is 0.0526. The van der Waals surface area contributed by atoms with Crippen molar-refractivity contribution in [3.63, 3.8) is 0 Å². The van der Waals surface area contributed by atoms with Gasteiger partial charge in [0.05, 0.1) is 12.2 Å². The number of nitrogens with zero attached hydrogens (tertiary/aromatic N) is 1. The van der Waals surface area contributed by atoms with Gasteiger partial charge in [-0.1, -0.05) is 0 Å². The van der Waals surface area contributed by atoms with Crippen molar-refractivity contribution in [2.24, 2.45) is 0 Å². The number of rotatable bonds is 4. The van der Waals surface area contributed by atoms with Crippen LogP contribution in [0.25, 0.3) is 0 Å². The number of anilines is 1. The second-order valence-electron chi connectivity index (χ2n) is 4.27. The van der Waals surface area contributed by atoms with Crippen molar-refractivity contribution in [3.05, 3.63) is 45.9 Å². The van der Waals surface area contributed by atoms with Gasteiger partial charge in [0.1, 0.15) is 0 Å². The molecule has 0 spiro atoms. The van der Waals surface area contributed by atoms with Crippen LogP contribution in [0.2, 0.25) is 0 Å². The van der Waals surface area contributed by atoms with Crippen LogP contribution < -0.4 is 11.3 Å². The zero-order valence-corrected chi connectivity index (χ0v) is 12.5. The summed E-state index contributed by atoms with van der Waals surface area (Å²) in [6.45, 7) is 3.78. The van der Waals surface area contributed by atoms with E-state index in [2.05, 4.69) is 9.97 Å². The summed E-state index contributed by atoms with van der Waals surface area (Å²) in [5.74, 6) is -0.412. The minimum atomic E-state index is -0.412. The van der Waals surface area contributed by atoms with Crippen LogP contribution in [0.5, 0.6) is 0 Å². The number of nitrogen functional groups attached to an aromatic ring is 1. The van der Waals surface area contributed by atoms with E-state index in [9.17, 15) is 9.59 Å². The fourth-order valence-corrected chi connectivity index (χ4v) is 2.59. The lowest BCUT2D eigenvalue weighted by Crippen LogP contribution is -2.08. The summed E-state index contributed by atoms with van der Waals surface area (Å²) in [4.78, 5) is 30.6. The van der Waals surface area contributed by atoms with E-state index in [4.69, 9.17) is 10.5 Å². The van der Waals surface area contributed by atoms with Crippen molar-refractivity contribution >= 4 is 23.4 Å². The molecule has 1 heterocycles. The molecule has 0 fully saturated rings. The molecule has 6 nitrogen and oxygen atoms in total. The van der Waals surface area contributed by atoms with Crippen LogP contribution >= 0.6 is 11.8 Å². The molecule has 2 aromatic rings. The number of nitrogens with one attached hydrogen (secondary N) is 1. The van der Waals surface area contributed by atoms with E-state index in [0.717, 1.165) is 0 Å². The van der Waals surface area contributed by atoms with Crippen LogP contribution in [0, 0.1) is 6.92 Å². The molecule has 0 aliphatic carbocycles. The monoisotopic (exact) mass is 305 g/mol. The number of hydrogen-bond acceptors (Lipinski definition) is 6. The second kappa shape index (κ2) is 6.45. The Hall–Kier alpha value is -2.28. The normalized spacial score (nSPS) is 10.4. The van der Waals surface area contributed by atoms with E-state index in [1.807, 2.05) is 0 Å². The average molecular weight is 305 g/mol. The maximum absolute atomic E-state index is 11.7. The van der Waals surface area contributed by atoms with Gasteiger partial charge in [0.15, 0.2) is 5.16 Å². The summed E-state index contributed by atoms with van der Waals surface area (Å²) in [6, 6.07) is 6.26. The third kappa shape index (κ3) is 3.85. The average Bonchev–Trinajstić information content (AvgIpc) is 2.40. The number of esters is 1. The number of carbonyl (C=O) groups excluding carboxylic acids is 1. The van der Waals surface area contributed by atoms with Crippen molar-refractivity contribution in [1.29, 1.82) is 0 Å². The Morgan fingerprint density at radius 1 is 1.43 bits per heavy atom. The molecule has 0 saturated carbocycles. The molecule has 1 aromatic heterocycles. The van der Waals surface area contributed by atoms with Crippen molar-refractivity contribution < 1.29 is 9.53 Å². The van der Waals surface area contributed by atoms with Gasteiger partial charge in [-0.05, 0) is 43.8 Å². The molecule has 0 bridgehead atoms. The lowest BCUT2D eigenvalue weighted by atomic mass is 10.2. The molecule has 1 aromatic carbocycles. The summed E-state index contributed by atoms with van der Waals surface area (Å²) in [7, 11) is 0. The molecule has 21 heavy (non-hydrogen) atoms. The largest absolute Gasteiger partial charge is 0.462 e.